The number of nitrogens with zero attached hydrogens (tertiary/aromatic N) is 3. The van der Waals surface area contributed by atoms with Gasteiger partial charge in [0.1, 0.15) is 5.82 Å². The summed E-state index contributed by atoms with van der Waals surface area (Å²) in [6.45, 7) is 7.80. The zero-order valence-corrected chi connectivity index (χ0v) is 18.6. The average Bonchev–Trinajstić information content (AvgIpc) is 2.84. The predicted octanol–water partition coefficient (Wildman–Crippen LogP) is 5.65. The molecular formula is C26H36FN3. The first kappa shape index (κ1) is 21.2. The van der Waals surface area contributed by atoms with Gasteiger partial charge < -0.3 is 9.80 Å². The van der Waals surface area contributed by atoms with Gasteiger partial charge in [0.2, 0.25) is 0 Å². The summed E-state index contributed by atoms with van der Waals surface area (Å²) in [5.74, 6) is 0.385. The number of aryl methyl sites for hydroxylation is 1. The molecule has 4 rings (SSSR count). The lowest BCUT2D eigenvalue weighted by Gasteiger charge is -2.40. The van der Waals surface area contributed by atoms with E-state index in [0.29, 0.717) is 5.92 Å². The number of benzene rings is 2. The summed E-state index contributed by atoms with van der Waals surface area (Å²) in [4.78, 5) is 7.69. The van der Waals surface area contributed by atoms with Crippen LogP contribution in [0.3, 0.4) is 0 Å². The lowest BCUT2D eigenvalue weighted by atomic mass is 9.92. The number of likely N-dealkylation sites (N-methyl/N-ethyl adjacent to an activating group) is 1. The highest BCUT2D eigenvalue weighted by atomic mass is 19.1. The fourth-order valence-corrected chi connectivity index (χ4v) is 5.15. The maximum Gasteiger partial charge on any atom is 0.123 e. The molecule has 0 aromatic heterocycles. The van der Waals surface area contributed by atoms with E-state index < -0.39 is 0 Å². The number of para-hydroxylation sites is 1. The monoisotopic (exact) mass is 409 g/mol. The van der Waals surface area contributed by atoms with Crippen LogP contribution in [0.25, 0.3) is 0 Å². The van der Waals surface area contributed by atoms with Crippen molar-refractivity contribution >= 4 is 11.4 Å². The number of hydrogen-bond acceptors (Lipinski definition) is 3. The first-order valence-electron chi connectivity index (χ1n) is 11.7. The molecule has 3 nitrogen and oxygen atoms in total. The molecule has 30 heavy (non-hydrogen) atoms. The van der Waals surface area contributed by atoms with Crippen LogP contribution in [0.4, 0.5) is 15.8 Å². The summed E-state index contributed by atoms with van der Waals surface area (Å²) < 4.78 is 13.3. The molecule has 0 radical (unpaired) electrons. The number of hydrogen-bond donors (Lipinski definition) is 0. The zero-order valence-electron chi connectivity index (χ0n) is 18.6. The lowest BCUT2D eigenvalue weighted by Crippen LogP contribution is -2.46. The average molecular weight is 410 g/mol. The molecule has 2 aliphatic rings. The second-order valence-corrected chi connectivity index (χ2v) is 8.99. The minimum Gasteiger partial charge on any atom is -0.371 e. The summed E-state index contributed by atoms with van der Waals surface area (Å²) in [5.41, 5.74) is 5.66. The van der Waals surface area contributed by atoms with Gasteiger partial charge in [0, 0.05) is 20.1 Å². The van der Waals surface area contributed by atoms with Gasteiger partial charge in [-0.15, -0.1) is 0 Å². The van der Waals surface area contributed by atoms with E-state index in [1.54, 1.807) is 12.1 Å². The molecule has 0 N–H and O–H groups in total. The van der Waals surface area contributed by atoms with Crippen LogP contribution in [0.1, 0.15) is 56.1 Å². The van der Waals surface area contributed by atoms with Crippen molar-refractivity contribution in [1.82, 2.24) is 4.90 Å². The van der Waals surface area contributed by atoms with Crippen molar-refractivity contribution in [2.75, 3.05) is 49.7 Å². The van der Waals surface area contributed by atoms with E-state index in [-0.39, 0.29) is 5.82 Å². The van der Waals surface area contributed by atoms with Crippen LogP contribution in [-0.2, 0) is 6.42 Å². The lowest BCUT2D eigenvalue weighted by molar-refractivity contribution is 0.260. The highest BCUT2D eigenvalue weighted by Crippen LogP contribution is 2.37. The molecule has 4 heteroatoms. The molecule has 0 amide bonds. The van der Waals surface area contributed by atoms with Gasteiger partial charge in [-0.25, -0.2) is 4.39 Å². The van der Waals surface area contributed by atoms with E-state index in [1.807, 2.05) is 12.1 Å². The fourth-order valence-electron chi connectivity index (χ4n) is 5.15. The van der Waals surface area contributed by atoms with E-state index in [4.69, 9.17) is 0 Å². The van der Waals surface area contributed by atoms with Gasteiger partial charge in [-0.05, 0) is 86.9 Å². The Morgan fingerprint density at radius 3 is 2.63 bits per heavy atom. The van der Waals surface area contributed by atoms with Gasteiger partial charge >= 0.3 is 0 Å². The van der Waals surface area contributed by atoms with E-state index in [1.165, 1.54) is 61.2 Å². The smallest absolute Gasteiger partial charge is 0.123 e. The van der Waals surface area contributed by atoms with Crippen LogP contribution in [0.5, 0.6) is 0 Å². The van der Waals surface area contributed by atoms with Crippen molar-refractivity contribution in [3.63, 3.8) is 0 Å². The summed E-state index contributed by atoms with van der Waals surface area (Å²) in [6.07, 6.45) is 7.19. The van der Waals surface area contributed by atoms with Crippen LogP contribution < -0.4 is 9.80 Å². The summed E-state index contributed by atoms with van der Waals surface area (Å²) in [5, 5.41) is 0. The standard InChI is InChI=1S/C26H36FN3/c1-3-21(22-12-14-24(27)15-13-22)10-7-17-29-16-5-4-8-23-9-6-11-25-26(23)30(20-29)19-18-28(25)2/h6,9,11-15,21H,3-5,7-8,10,16-20H2,1-2H3. The van der Waals surface area contributed by atoms with Crippen molar-refractivity contribution in [3.05, 3.63) is 59.4 Å². The first-order chi connectivity index (χ1) is 14.7. The molecule has 2 aromatic carbocycles. The Balaban J connectivity index is 1.41. The molecule has 0 fully saturated rings. The Morgan fingerprint density at radius 1 is 1.00 bits per heavy atom. The minimum atomic E-state index is -0.142. The Labute approximate surface area is 181 Å². The van der Waals surface area contributed by atoms with Gasteiger partial charge in [0.25, 0.3) is 0 Å². The van der Waals surface area contributed by atoms with Crippen LogP contribution in [0.15, 0.2) is 42.5 Å². The largest absolute Gasteiger partial charge is 0.371 e. The van der Waals surface area contributed by atoms with Crippen molar-refractivity contribution in [2.45, 2.75) is 51.4 Å². The highest BCUT2D eigenvalue weighted by Gasteiger charge is 2.25. The molecule has 1 atom stereocenters. The van der Waals surface area contributed by atoms with Crippen molar-refractivity contribution in [1.29, 1.82) is 0 Å². The molecule has 2 aliphatic heterocycles. The molecule has 0 aliphatic carbocycles. The number of rotatable bonds is 6. The van der Waals surface area contributed by atoms with Crippen LogP contribution in [0.2, 0.25) is 0 Å². The van der Waals surface area contributed by atoms with Gasteiger partial charge in [-0.2, -0.15) is 0 Å². The second-order valence-electron chi connectivity index (χ2n) is 8.99. The van der Waals surface area contributed by atoms with Gasteiger partial charge in [0.15, 0.2) is 0 Å². The molecule has 2 heterocycles. The summed E-state index contributed by atoms with van der Waals surface area (Å²) in [6, 6.07) is 14.0. The van der Waals surface area contributed by atoms with E-state index in [9.17, 15) is 4.39 Å². The highest BCUT2D eigenvalue weighted by molar-refractivity contribution is 5.76. The molecule has 0 spiro atoms. The fraction of sp³-hybridized carbons (Fsp3) is 0.538. The summed E-state index contributed by atoms with van der Waals surface area (Å²) >= 11 is 0. The Hall–Kier alpha value is -2.07. The van der Waals surface area contributed by atoms with Crippen molar-refractivity contribution in [3.8, 4) is 0 Å². The Kier molecular flexibility index (Phi) is 6.93. The normalized spacial score (nSPS) is 18.4. The minimum absolute atomic E-state index is 0.142. The van der Waals surface area contributed by atoms with Crippen molar-refractivity contribution < 1.29 is 4.39 Å². The van der Waals surface area contributed by atoms with Crippen molar-refractivity contribution in [2.24, 2.45) is 0 Å². The maximum absolute atomic E-state index is 13.3. The molecule has 0 saturated heterocycles. The summed E-state index contributed by atoms with van der Waals surface area (Å²) in [7, 11) is 2.22. The van der Waals surface area contributed by atoms with Crippen LogP contribution >= 0.6 is 0 Å². The molecule has 0 saturated carbocycles. The molecule has 0 bridgehead atoms. The van der Waals surface area contributed by atoms with Gasteiger partial charge in [-0.3, -0.25) is 4.90 Å². The first-order valence-corrected chi connectivity index (χ1v) is 11.7. The molecule has 162 valence electrons. The quantitative estimate of drug-likeness (QED) is 0.610. The van der Waals surface area contributed by atoms with E-state index >= 15 is 0 Å². The van der Waals surface area contributed by atoms with E-state index in [2.05, 4.69) is 46.9 Å². The second kappa shape index (κ2) is 9.82. The van der Waals surface area contributed by atoms with Gasteiger partial charge in [-0.1, -0.05) is 31.2 Å². The van der Waals surface area contributed by atoms with Crippen LogP contribution in [0, 0.1) is 5.82 Å². The third-order valence-electron chi connectivity index (χ3n) is 6.93. The third kappa shape index (κ3) is 4.80. The Bertz CT molecular complexity index is 820. The maximum atomic E-state index is 13.3. The molecule has 2 aromatic rings. The number of halogens is 1. The zero-order chi connectivity index (χ0) is 20.9. The molecule has 1 unspecified atom stereocenters. The van der Waals surface area contributed by atoms with Gasteiger partial charge in [0.05, 0.1) is 18.0 Å². The van der Waals surface area contributed by atoms with Crippen LogP contribution in [-0.4, -0.2) is 44.8 Å². The SMILES string of the molecule is CCC(CCCN1CCCCc2cccc3c2N(CCN3C)C1)c1ccc(F)cc1. The van der Waals surface area contributed by atoms with E-state index in [0.717, 1.165) is 32.7 Å². The molecular weight excluding hydrogens is 373 g/mol. The number of anilines is 2. The predicted molar refractivity (Wildman–Crippen MR) is 125 cm³/mol. The Morgan fingerprint density at radius 2 is 1.83 bits per heavy atom. The third-order valence-corrected chi connectivity index (χ3v) is 6.93. The topological polar surface area (TPSA) is 9.72 Å².